The predicted molar refractivity (Wildman–Crippen MR) is 95.0 cm³/mol. The Labute approximate surface area is 148 Å². The third-order valence-electron chi connectivity index (χ3n) is 5.27. The van der Waals surface area contributed by atoms with Gasteiger partial charge in [-0.3, -0.25) is 0 Å². The molecule has 0 N–H and O–H groups in total. The molecule has 1 aromatic rings. The third kappa shape index (κ3) is 3.10. The molecular formula is C17H26N6O2. The minimum absolute atomic E-state index is 0.0538. The molecule has 25 heavy (non-hydrogen) atoms. The summed E-state index contributed by atoms with van der Waals surface area (Å²) in [7, 11) is 3.88. The molecule has 0 bridgehead atoms. The van der Waals surface area contributed by atoms with E-state index in [1.165, 1.54) is 0 Å². The van der Waals surface area contributed by atoms with E-state index < -0.39 is 0 Å². The molecule has 136 valence electrons. The summed E-state index contributed by atoms with van der Waals surface area (Å²) in [5.41, 5.74) is 0. The number of amides is 2. The molecule has 1 aromatic heterocycles. The summed E-state index contributed by atoms with van der Waals surface area (Å²) in [6.07, 6.45) is 4.08. The van der Waals surface area contributed by atoms with E-state index in [0.717, 1.165) is 38.3 Å². The zero-order chi connectivity index (χ0) is 17.4. The Morgan fingerprint density at radius 1 is 1.20 bits per heavy atom. The summed E-state index contributed by atoms with van der Waals surface area (Å²) in [6, 6.07) is 2.26. The van der Waals surface area contributed by atoms with Gasteiger partial charge in [0, 0.05) is 46.5 Å². The molecular weight excluding hydrogens is 320 g/mol. The van der Waals surface area contributed by atoms with Crippen molar-refractivity contribution in [1.29, 1.82) is 0 Å². The van der Waals surface area contributed by atoms with Crippen LogP contribution in [0.1, 0.15) is 12.8 Å². The number of aromatic nitrogens is 2. The van der Waals surface area contributed by atoms with E-state index in [4.69, 9.17) is 4.74 Å². The number of carbonyl (C=O) groups is 1. The number of fused-ring (bicyclic) bond motifs is 1. The van der Waals surface area contributed by atoms with E-state index in [1.54, 1.807) is 6.20 Å². The first-order valence-electron chi connectivity index (χ1n) is 9.06. The van der Waals surface area contributed by atoms with Crippen LogP contribution < -0.4 is 9.80 Å². The van der Waals surface area contributed by atoms with Crippen molar-refractivity contribution in [2.45, 2.75) is 25.0 Å². The summed E-state index contributed by atoms with van der Waals surface area (Å²) < 4.78 is 5.97. The molecule has 8 nitrogen and oxygen atoms in total. The minimum Gasteiger partial charge on any atom is -0.372 e. The van der Waals surface area contributed by atoms with Crippen LogP contribution in [-0.4, -0.2) is 91.4 Å². The van der Waals surface area contributed by atoms with Gasteiger partial charge in [-0.2, -0.15) is 4.98 Å². The Morgan fingerprint density at radius 2 is 2.00 bits per heavy atom. The van der Waals surface area contributed by atoms with Gasteiger partial charge in [0.15, 0.2) is 0 Å². The molecule has 8 heteroatoms. The molecule has 3 aliphatic rings. The first kappa shape index (κ1) is 16.4. The van der Waals surface area contributed by atoms with Crippen molar-refractivity contribution in [2.24, 2.45) is 0 Å². The van der Waals surface area contributed by atoms with Crippen LogP contribution in [0.25, 0.3) is 0 Å². The molecule has 0 unspecified atom stereocenters. The molecule has 3 saturated heterocycles. The second-order valence-corrected chi connectivity index (χ2v) is 7.16. The molecule has 0 spiro atoms. The fourth-order valence-corrected chi connectivity index (χ4v) is 3.95. The predicted octanol–water partition coefficient (Wildman–Crippen LogP) is 0.648. The zero-order valence-corrected chi connectivity index (χ0v) is 15.0. The van der Waals surface area contributed by atoms with Crippen LogP contribution >= 0.6 is 0 Å². The molecule has 0 saturated carbocycles. The van der Waals surface area contributed by atoms with Gasteiger partial charge in [0.05, 0.1) is 25.3 Å². The second kappa shape index (κ2) is 6.67. The summed E-state index contributed by atoms with van der Waals surface area (Å²) in [6.45, 7) is 4.58. The van der Waals surface area contributed by atoms with E-state index in [-0.39, 0.29) is 18.2 Å². The quantitative estimate of drug-likeness (QED) is 0.783. The topological polar surface area (TPSA) is 65.0 Å². The van der Waals surface area contributed by atoms with E-state index in [1.807, 2.05) is 34.9 Å². The molecule has 2 amide bonds. The van der Waals surface area contributed by atoms with Gasteiger partial charge < -0.3 is 24.3 Å². The highest BCUT2D eigenvalue weighted by Crippen LogP contribution is 2.28. The molecule has 4 rings (SSSR count). The van der Waals surface area contributed by atoms with Gasteiger partial charge in [0.1, 0.15) is 5.82 Å². The minimum atomic E-state index is 0.0538. The van der Waals surface area contributed by atoms with E-state index in [0.29, 0.717) is 25.6 Å². The van der Waals surface area contributed by atoms with Crippen molar-refractivity contribution in [3.8, 4) is 0 Å². The van der Waals surface area contributed by atoms with Gasteiger partial charge in [-0.05, 0) is 18.9 Å². The van der Waals surface area contributed by atoms with E-state index >= 15 is 0 Å². The van der Waals surface area contributed by atoms with Crippen molar-refractivity contribution in [3.63, 3.8) is 0 Å². The molecule has 0 aromatic carbocycles. The van der Waals surface area contributed by atoms with Crippen molar-refractivity contribution in [3.05, 3.63) is 12.3 Å². The number of rotatable bonds is 2. The maximum atomic E-state index is 12.7. The molecule has 0 radical (unpaired) electrons. The fraction of sp³-hybridized carbons (Fsp3) is 0.706. The smallest absolute Gasteiger partial charge is 0.320 e. The maximum Gasteiger partial charge on any atom is 0.320 e. The molecule has 4 heterocycles. The number of hydrogen-bond acceptors (Lipinski definition) is 6. The van der Waals surface area contributed by atoms with Crippen LogP contribution in [0, 0.1) is 0 Å². The molecule has 3 fully saturated rings. The number of hydrogen-bond donors (Lipinski definition) is 0. The lowest BCUT2D eigenvalue weighted by Gasteiger charge is -2.37. The molecule has 2 atom stereocenters. The van der Waals surface area contributed by atoms with Crippen LogP contribution in [0.2, 0.25) is 0 Å². The summed E-state index contributed by atoms with van der Waals surface area (Å²) in [5.74, 6) is 1.61. The first-order chi connectivity index (χ1) is 12.1. The number of morpholine rings is 1. The summed E-state index contributed by atoms with van der Waals surface area (Å²) in [5, 5.41) is 0. The van der Waals surface area contributed by atoms with Crippen LogP contribution in [0.5, 0.6) is 0 Å². The average Bonchev–Trinajstić information content (AvgIpc) is 3.30. The summed E-state index contributed by atoms with van der Waals surface area (Å²) >= 11 is 0. The van der Waals surface area contributed by atoms with E-state index in [9.17, 15) is 4.79 Å². The van der Waals surface area contributed by atoms with Gasteiger partial charge in [0.2, 0.25) is 5.95 Å². The zero-order valence-electron chi connectivity index (χ0n) is 15.0. The highest BCUT2D eigenvalue weighted by Gasteiger charge is 2.43. The highest BCUT2D eigenvalue weighted by molar-refractivity contribution is 5.75. The lowest BCUT2D eigenvalue weighted by molar-refractivity contribution is 0.0312. The Hall–Kier alpha value is -2.09. The monoisotopic (exact) mass is 346 g/mol. The number of anilines is 2. The average molecular weight is 346 g/mol. The van der Waals surface area contributed by atoms with Gasteiger partial charge in [-0.15, -0.1) is 0 Å². The number of carbonyl (C=O) groups excluding carboxylic acids is 1. The Balaban J connectivity index is 1.51. The lowest BCUT2D eigenvalue weighted by Crippen LogP contribution is -2.51. The maximum absolute atomic E-state index is 12.7. The first-order valence-corrected chi connectivity index (χ1v) is 9.06. The van der Waals surface area contributed by atoms with Gasteiger partial charge in [-0.1, -0.05) is 0 Å². The SMILES string of the molecule is CN(C)c1nccc(N2CCO[C@H]3CN(C(=O)N4CCCC4)C[C@H]32)n1. The highest BCUT2D eigenvalue weighted by atomic mass is 16.5. The fourth-order valence-electron chi connectivity index (χ4n) is 3.95. The number of urea groups is 1. The van der Waals surface area contributed by atoms with Crippen LogP contribution in [0.4, 0.5) is 16.6 Å². The standard InChI is InChI=1S/C17H26N6O2/c1-20(2)16-18-6-5-15(19-16)23-9-10-25-14-12-22(11-13(14)23)17(24)21-7-3-4-8-21/h5-6,13-14H,3-4,7-12H2,1-2H3/t13-,14+/m1/s1. The number of ether oxygens (including phenoxy) is 1. The second-order valence-electron chi connectivity index (χ2n) is 7.16. The molecule has 3 aliphatic heterocycles. The van der Waals surface area contributed by atoms with Crippen molar-refractivity contribution < 1.29 is 9.53 Å². The third-order valence-corrected chi connectivity index (χ3v) is 5.27. The van der Waals surface area contributed by atoms with Crippen LogP contribution in [0.3, 0.4) is 0 Å². The van der Waals surface area contributed by atoms with Crippen molar-refractivity contribution >= 4 is 17.8 Å². The van der Waals surface area contributed by atoms with Crippen LogP contribution in [0.15, 0.2) is 12.3 Å². The summed E-state index contributed by atoms with van der Waals surface area (Å²) in [4.78, 5) is 29.8. The van der Waals surface area contributed by atoms with Gasteiger partial charge in [0.25, 0.3) is 0 Å². The normalized spacial score (nSPS) is 26.1. The van der Waals surface area contributed by atoms with E-state index in [2.05, 4.69) is 14.9 Å². The Kier molecular flexibility index (Phi) is 4.37. The largest absolute Gasteiger partial charge is 0.372 e. The number of nitrogens with zero attached hydrogens (tertiary/aromatic N) is 6. The Bertz CT molecular complexity index is 633. The Morgan fingerprint density at radius 3 is 2.76 bits per heavy atom. The van der Waals surface area contributed by atoms with Crippen molar-refractivity contribution in [1.82, 2.24) is 19.8 Å². The van der Waals surface area contributed by atoms with Gasteiger partial charge in [-0.25, -0.2) is 9.78 Å². The molecule has 0 aliphatic carbocycles. The number of likely N-dealkylation sites (tertiary alicyclic amines) is 2. The van der Waals surface area contributed by atoms with Crippen LogP contribution in [-0.2, 0) is 4.74 Å². The van der Waals surface area contributed by atoms with Gasteiger partial charge >= 0.3 is 6.03 Å². The van der Waals surface area contributed by atoms with Crippen molar-refractivity contribution in [2.75, 3.05) is 63.2 Å². The lowest BCUT2D eigenvalue weighted by atomic mass is 10.1.